The van der Waals surface area contributed by atoms with Gasteiger partial charge in [-0.1, -0.05) is 226 Å². The highest BCUT2D eigenvalue weighted by Gasteiger charge is 2.54. The molecule has 0 aromatic heterocycles. The van der Waals surface area contributed by atoms with Gasteiger partial charge in [0.05, 0.1) is 25.4 Å². The quantitative estimate of drug-likeness (QED) is 0.0232. The third-order valence-electron chi connectivity index (χ3n) is 14.9. The lowest BCUT2D eigenvalue weighted by Crippen LogP contribution is -2.67. The number of hydrogen-bond acceptors (Lipinski definition) is 17. The van der Waals surface area contributed by atoms with Crippen molar-refractivity contribution in [3.8, 4) is 0 Å². The van der Waals surface area contributed by atoms with Crippen LogP contribution in [0.15, 0.2) is 0 Å². The third-order valence-corrected chi connectivity index (χ3v) is 15.8. The lowest BCUT2D eigenvalue weighted by atomic mass is 9.84. The van der Waals surface area contributed by atoms with Gasteiger partial charge in [-0.05, 0) is 12.8 Å². The summed E-state index contributed by atoms with van der Waals surface area (Å²) in [5.74, 6) is -0.826. The number of aliphatic hydroxyl groups is 10. The van der Waals surface area contributed by atoms with Crippen molar-refractivity contribution >= 4 is 13.7 Å². The molecule has 0 radical (unpaired) electrons. The number of nitrogens with one attached hydrogen (secondary N) is 1. The van der Waals surface area contributed by atoms with Gasteiger partial charge in [0.1, 0.15) is 67.1 Å². The van der Waals surface area contributed by atoms with Gasteiger partial charge in [-0.25, -0.2) is 0 Å². The first-order valence-electron chi connectivity index (χ1n) is 29.1. The summed E-state index contributed by atoms with van der Waals surface area (Å²) in [7, 11) is -5.64. The molecule has 11 N–H and O–H groups in total. The standard InChI is InChI=1S/C54H106NO17P/c1-3-5-7-9-11-13-15-17-18-19-20-21-22-23-25-27-29-31-33-35-37-42(58)53(66)55-40(41(57)36-34-32-30-28-26-24-16-14-12-10-8-6-4-2)39-69-73(67,68)72-52-49(64)47(62)46(61)48(63)51(52)71-54-50(65)45(60)44(59)43(38-56)70-54/h40-52,54,56-65H,3-39H2,1-2H3,(H,55,66)(H,67,68)/p-1/t40-,41+,42?,43+,44+,45-,46+,47+,48-,49+,50-,51+,52+,54-/m0/s1. The van der Waals surface area contributed by atoms with Crippen molar-refractivity contribution in [2.75, 3.05) is 13.2 Å². The Kier molecular flexibility index (Phi) is 38.5. The number of carbonyl (C=O) groups is 1. The third kappa shape index (κ3) is 28.5. The monoisotopic (exact) mass is 1070 g/mol. The van der Waals surface area contributed by atoms with Crippen LogP contribution in [0.5, 0.6) is 0 Å². The van der Waals surface area contributed by atoms with Crippen molar-refractivity contribution in [2.24, 2.45) is 0 Å². The van der Waals surface area contributed by atoms with Gasteiger partial charge < -0.3 is 79.8 Å². The smallest absolute Gasteiger partial charge is 0.268 e. The van der Waals surface area contributed by atoms with E-state index in [9.17, 15) is 65.3 Å². The van der Waals surface area contributed by atoms with Crippen LogP contribution in [-0.4, -0.2) is 156 Å². The molecule has 19 heteroatoms. The maximum Gasteiger partial charge on any atom is 0.268 e. The Morgan fingerprint density at radius 3 is 1.27 bits per heavy atom. The second-order valence-corrected chi connectivity index (χ2v) is 22.7. The van der Waals surface area contributed by atoms with E-state index in [-0.39, 0.29) is 12.8 Å². The summed E-state index contributed by atoms with van der Waals surface area (Å²) in [5, 5.41) is 108. The highest BCUT2D eigenvalue weighted by atomic mass is 31.2. The number of phosphoric acid groups is 1. The minimum Gasteiger partial charge on any atom is -0.756 e. The molecule has 2 unspecified atom stereocenters. The summed E-state index contributed by atoms with van der Waals surface area (Å²) in [6.07, 6.45) is 14.1. The first-order valence-corrected chi connectivity index (χ1v) is 30.5. The summed E-state index contributed by atoms with van der Waals surface area (Å²) in [6, 6.07) is -1.35. The Bertz CT molecular complexity index is 1390. The van der Waals surface area contributed by atoms with Gasteiger partial charge in [0.2, 0.25) is 5.91 Å². The molecule has 18 nitrogen and oxygen atoms in total. The zero-order valence-electron chi connectivity index (χ0n) is 45.0. The minimum absolute atomic E-state index is 0.155. The van der Waals surface area contributed by atoms with Crippen LogP contribution in [-0.2, 0) is 27.9 Å². The van der Waals surface area contributed by atoms with Gasteiger partial charge in [0.25, 0.3) is 7.82 Å². The molecule has 1 aliphatic heterocycles. The number of carbonyl (C=O) groups excluding carboxylic acids is 1. The van der Waals surface area contributed by atoms with Crippen molar-refractivity contribution in [1.82, 2.24) is 5.32 Å². The molecule has 1 saturated carbocycles. The molecule has 1 saturated heterocycles. The molecule has 0 spiro atoms. The highest BCUT2D eigenvalue weighted by molar-refractivity contribution is 7.45. The summed E-state index contributed by atoms with van der Waals surface area (Å²) in [6.45, 7) is 2.73. The van der Waals surface area contributed by atoms with Crippen molar-refractivity contribution in [1.29, 1.82) is 0 Å². The molecule has 1 amide bonds. The maximum atomic E-state index is 13.4. The predicted octanol–water partition coefficient (Wildman–Crippen LogP) is 6.40. The average Bonchev–Trinajstić information content (AvgIpc) is 3.37. The molecule has 0 aromatic rings. The summed E-state index contributed by atoms with van der Waals surface area (Å²) in [5.41, 5.74) is 0. The van der Waals surface area contributed by atoms with Gasteiger partial charge in [-0.15, -0.1) is 0 Å². The van der Waals surface area contributed by atoms with Crippen molar-refractivity contribution in [2.45, 2.75) is 324 Å². The van der Waals surface area contributed by atoms with E-state index in [0.29, 0.717) is 12.8 Å². The Morgan fingerprint density at radius 1 is 0.521 bits per heavy atom. The first-order chi connectivity index (χ1) is 35.1. The van der Waals surface area contributed by atoms with Gasteiger partial charge in [0, 0.05) is 0 Å². The fourth-order valence-corrected chi connectivity index (χ4v) is 10.9. The zero-order chi connectivity index (χ0) is 53.9. The molecular weight excluding hydrogens is 966 g/mol. The van der Waals surface area contributed by atoms with Crippen molar-refractivity contribution < 1.29 is 83.8 Å². The Balaban J connectivity index is 1.89. The second-order valence-electron chi connectivity index (χ2n) is 21.3. The molecule has 73 heavy (non-hydrogen) atoms. The minimum atomic E-state index is -5.64. The number of aliphatic hydroxyl groups excluding tert-OH is 10. The van der Waals surface area contributed by atoms with Crippen molar-refractivity contribution in [3.63, 3.8) is 0 Å². The average molecular weight is 1070 g/mol. The number of rotatable bonds is 46. The van der Waals surface area contributed by atoms with E-state index in [1.807, 2.05) is 0 Å². The number of amides is 1. The van der Waals surface area contributed by atoms with Gasteiger partial charge in [-0.2, -0.15) is 0 Å². The molecule has 0 aromatic carbocycles. The number of ether oxygens (including phenoxy) is 2. The lowest BCUT2D eigenvalue weighted by molar-refractivity contribution is -0.341. The number of unbranched alkanes of at least 4 members (excludes halogenated alkanes) is 31. The largest absolute Gasteiger partial charge is 0.756 e. The van der Waals surface area contributed by atoms with E-state index in [2.05, 4.69) is 19.2 Å². The van der Waals surface area contributed by atoms with Crippen LogP contribution >= 0.6 is 7.82 Å². The van der Waals surface area contributed by atoms with Crippen LogP contribution in [0.4, 0.5) is 0 Å². The van der Waals surface area contributed by atoms with E-state index in [4.69, 9.17) is 18.5 Å². The maximum absolute atomic E-state index is 13.4. The fraction of sp³-hybridized carbons (Fsp3) is 0.981. The van der Waals surface area contributed by atoms with Crippen LogP contribution < -0.4 is 10.2 Å². The van der Waals surface area contributed by atoms with Crippen LogP contribution in [0.2, 0.25) is 0 Å². The molecule has 434 valence electrons. The number of hydrogen-bond donors (Lipinski definition) is 11. The van der Waals surface area contributed by atoms with Crippen LogP contribution in [0.1, 0.15) is 239 Å². The van der Waals surface area contributed by atoms with E-state index < -0.39 is 113 Å². The summed E-state index contributed by atoms with van der Waals surface area (Å²) >= 11 is 0. The molecule has 2 aliphatic rings. The Morgan fingerprint density at radius 2 is 0.877 bits per heavy atom. The van der Waals surface area contributed by atoms with E-state index in [0.717, 1.165) is 57.8 Å². The molecular formula is C54H105NO17P-. The van der Waals surface area contributed by atoms with E-state index in [1.165, 1.54) is 141 Å². The summed E-state index contributed by atoms with van der Waals surface area (Å²) in [4.78, 5) is 26.7. The SMILES string of the molecule is CCCCCCCCCCCCCCCCCCCCCCC(O)C(=O)N[C@@H](COP(=O)([O-])O[C@@H]1[C@H](O)[C@H](O)[C@@H](O)[C@H](O)[C@H]1O[C@@H]1O[C@H](CO)[C@@H](O)[C@H](O)[C@@H]1O)[C@H](O)CCCCCCCCCCCCCCC. The van der Waals surface area contributed by atoms with Crippen molar-refractivity contribution in [3.05, 3.63) is 0 Å². The molecule has 0 bridgehead atoms. The summed E-state index contributed by atoms with van der Waals surface area (Å²) < 4.78 is 34.5. The molecule has 2 fully saturated rings. The van der Waals surface area contributed by atoms with Crippen LogP contribution in [0.3, 0.4) is 0 Å². The molecule has 2 rings (SSSR count). The second kappa shape index (κ2) is 41.2. The van der Waals surface area contributed by atoms with Gasteiger partial charge in [-0.3, -0.25) is 9.36 Å². The molecule has 1 heterocycles. The van der Waals surface area contributed by atoms with Crippen LogP contribution in [0.25, 0.3) is 0 Å². The topological polar surface area (TPSA) is 308 Å². The Labute approximate surface area is 439 Å². The molecule has 1 aliphatic carbocycles. The van der Waals surface area contributed by atoms with Crippen LogP contribution in [0, 0.1) is 0 Å². The van der Waals surface area contributed by atoms with E-state index >= 15 is 0 Å². The Hall–Kier alpha value is -0.900. The molecule has 15 atom stereocenters. The zero-order valence-corrected chi connectivity index (χ0v) is 45.9. The van der Waals surface area contributed by atoms with Gasteiger partial charge >= 0.3 is 0 Å². The van der Waals surface area contributed by atoms with E-state index in [1.54, 1.807) is 0 Å². The first kappa shape index (κ1) is 68.2. The van der Waals surface area contributed by atoms with Gasteiger partial charge in [0.15, 0.2) is 6.29 Å². The highest BCUT2D eigenvalue weighted by Crippen LogP contribution is 2.44. The lowest BCUT2D eigenvalue weighted by Gasteiger charge is -2.47. The predicted molar refractivity (Wildman–Crippen MR) is 278 cm³/mol. The normalized spacial score (nSPS) is 27.7. The number of phosphoric ester groups is 1. The fourth-order valence-electron chi connectivity index (χ4n) is 9.97.